The zero-order valence-electron chi connectivity index (χ0n) is 11.1. The van der Waals surface area contributed by atoms with Crippen molar-refractivity contribution in [3.05, 3.63) is 62.4 Å². The standard InChI is InChI=1S/C14H13ClN2O3/c1-9-6-10(2)13(7-12(9)17(18)19)20-8-11-4-3-5-14(15)16-11/h3-7H,8H2,1-2H3. The first-order chi connectivity index (χ1) is 9.47. The van der Waals surface area contributed by atoms with E-state index in [9.17, 15) is 10.1 Å². The van der Waals surface area contributed by atoms with Gasteiger partial charge in [-0.15, -0.1) is 0 Å². The van der Waals surface area contributed by atoms with Crippen LogP contribution >= 0.6 is 11.6 Å². The van der Waals surface area contributed by atoms with Crippen molar-refractivity contribution in [2.45, 2.75) is 20.5 Å². The van der Waals surface area contributed by atoms with Gasteiger partial charge in [-0.2, -0.15) is 0 Å². The van der Waals surface area contributed by atoms with Crippen molar-refractivity contribution >= 4 is 17.3 Å². The number of benzene rings is 1. The Hall–Kier alpha value is -2.14. The minimum Gasteiger partial charge on any atom is -0.487 e. The molecule has 0 amide bonds. The highest BCUT2D eigenvalue weighted by Gasteiger charge is 2.14. The molecule has 0 aliphatic heterocycles. The molecule has 5 nitrogen and oxygen atoms in total. The van der Waals surface area contributed by atoms with Gasteiger partial charge in [0.15, 0.2) is 0 Å². The lowest BCUT2D eigenvalue weighted by Crippen LogP contribution is -2.01. The second-order valence-electron chi connectivity index (χ2n) is 4.40. The van der Waals surface area contributed by atoms with Gasteiger partial charge < -0.3 is 4.74 Å². The Kier molecular flexibility index (Phi) is 4.20. The summed E-state index contributed by atoms with van der Waals surface area (Å²) in [5.41, 5.74) is 2.17. The molecule has 2 aromatic rings. The molecule has 0 radical (unpaired) electrons. The highest BCUT2D eigenvalue weighted by molar-refractivity contribution is 6.29. The molecule has 0 aliphatic rings. The Morgan fingerprint density at radius 1 is 1.30 bits per heavy atom. The van der Waals surface area contributed by atoms with Crippen molar-refractivity contribution in [1.29, 1.82) is 0 Å². The predicted molar refractivity (Wildman–Crippen MR) is 76.1 cm³/mol. The molecule has 0 unspecified atom stereocenters. The molecular weight excluding hydrogens is 280 g/mol. The molecule has 6 heteroatoms. The Bertz CT molecular complexity index is 659. The van der Waals surface area contributed by atoms with Gasteiger partial charge in [0.2, 0.25) is 0 Å². The zero-order valence-corrected chi connectivity index (χ0v) is 11.8. The minimum absolute atomic E-state index is 0.0460. The van der Waals surface area contributed by atoms with Gasteiger partial charge in [-0.3, -0.25) is 10.1 Å². The van der Waals surface area contributed by atoms with Crippen LogP contribution in [0, 0.1) is 24.0 Å². The topological polar surface area (TPSA) is 65.3 Å². The molecule has 0 atom stereocenters. The number of hydrogen-bond donors (Lipinski definition) is 0. The van der Waals surface area contributed by atoms with E-state index in [4.69, 9.17) is 16.3 Å². The van der Waals surface area contributed by atoms with Gasteiger partial charge >= 0.3 is 0 Å². The Labute approximate surface area is 121 Å². The molecule has 1 aromatic carbocycles. The van der Waals surface area contributed by atoms with Crippen LogP contribution in [0.3, 0.4) is 0 Å². The van der Waals surface area contributed by atoms with Gasteiger partial charge in [-0.1, -0.05) is 17.7 Å². The molecule has 0 spiro atoms. The van der Waals surface area contributed by atoms with E-state index in [1.54, 1.807) is 31.2 Å². The molecule has 0 bridgehead atoms. The number of rotatable bonds is 4. The maximum Gasteiger partial charge on any atom is 0.276 e. The molecule has 1 aromatic heterocycles. The van der Waals surface area contributed by atoms with Crippen LogP contribution in [0.25, 0.3) is 0 Å². The van der Waals surface area contributed by atoms with E-state index in [0.29, 0.717) is 22.2 Å². The van der Waals surface area contributed by atoms with Gasteiger partial charge in [0.1, 0.15) is 17.5 Å². The number of aryl methyl sites for hydroxylation is 2. The van der Waals surface area contributed by atoms with Gasteiger partial charge in [-0.05, 0) is 37.6 Å². The third-order valence-electron chi connectivity index (χ3n) is 2.84. The van der Waals surface area contributed by atoms with Gasteiger partial charge in [0.25, 0.3) is 5.69 Å². The Morgan fingerprint density at radius 2 is 2.05 bits per heavy atom. The van der Waals surface area contributed by atoms with Crippen LogP contribution in [0.1, 0.15) is 16.8 Å². The maximum absolute atomic E-state index is 10.9. The smallest absolute Gasteiger partial charge is 0.276 e. The van der Waals surface area contributed by atoms with E-state index in [-0.39, 0.29) is 12.3 Å². The molecule has 2 rings (SSSR count). The van der Waals surface area contributed by atoms with E-state index in [2.05, 4.69) is 4.98 Å². The molecule has 0 saturated heterocycles. The summed E-state index contributed by atoms with van der Waals surface area (Å²) in [4.78, 5) is 14.6. The Balaban J connectivity index is 2.21. The number of halogens is 1. The van der Waals surface area contributed by atoms with Crippen molar-refractivity contribution in [3.8, 4) is 5.75 Å². The summed E-state index contributed by atoms with van der Waals surface area (Å²) >= 11 is 5.79. The van der Waals surface area contributed by atoms with E-state index < -0.39 is 4.92 Å². The molecule has 0 aliphatic carbocycles. The summed E-state index contributed by atoms with van der Waals surface area (Å²) in [6.07, 6.45) is 0. The molecule has 104 valence electrons. The molecule has 0 saturated carbocycles. The van der Waals surface area contributed by atoms with Crippen molar-refractivity contribution in [3.63, 3.8) is 0 Å². The van der Waals surface area contributed by atoms with E-state index >= 15 is 0 Å². The van der Waals surface area contributed by atoms with Crippen LogP contribution in [0.15, 0.2) is 30.3 Å². The van der Waals surface area contributed by atoms with Crippen LogP contribution in [0.4, 0.5) is 5.69 Å². The van der Waals surface area contributed by atoms with Crippen molar-refractivity contribution in [2.75, 3.05) is 0 Å². The number of nitro benzene ring substituents is 1. The summed E-state index contributed by atoms with van der Waals surface area (Å²) in [7, 11) is 0. The van der Waals surface area contributed by atoms with Crippen LogP contribution < -0.4 is 4.74 Å². The first kappa shape index (κ1) is 14.3. The SMILES string of the molecule is Cc1cc(C)c([N+](=O)[O-])cc1OCc1cccc(Cl)n1. The first-order valence-electron chi connectivity index (χ1n) is 5.97. The van der Waals surface area contributed by atoms with E-state index in [1.807, 2.05) is 6.92 Å². The average molecular weight is 293 g/mol. The molecule has 0 fully saturated rings. The molecule has 0 N–H and O–H groups in total. The zero-order chi connectivity index (χ0) is 14.7. The van der Waals surface area contributed by atoms with E-state index in [0.717, 1.165) is 5.56 Å². The van der Waals surface area contributed by atoms with Crippen molar-refractivity contribution in [1.82, 2.24) is 4.98 Å². The second kappa shape index (κ2) is 5.88. The lowest BCUT2D eigenvalue weighted by Gasteiger charge is -2.10. The number of pyridine rings is 1. The minimum atomic E-state index is -0.417. The second-order valence-corrected chi connectivity index (χ2v) is 4.79. The van der Waals surface area contributed by atoms with Crippen LogP contribution in [-0.2, 0) is 6.61 Å². The predicted octanol–water partition coefficient (Wildman–Crippen LogP) is 3.84. The number of nitro groups is 1. The summed E-state index contributed by atoms with van der Waals surface area (Å²) in [5.74, 6) is 0.476. The van der Waals surface area contributed by atoms with Crippen molar-refractivity contribution in [2.24, 2.45) is 0 Å². The van der Waals surface area contributed by atoms with Crippen LogP contribution in [-0.4, -0.2) is 9.91 Å². The van der Waals surface area contributed by atoms with Crippen LogP contribution in [0.2, 0.25) is 5.15 Å². The Morgan fingerprint density at radius 3 is 2.70 bits per heavy atom. The largest absolute Gasteiger partial charge is 0.487 e. The third kappa shape index (κ3) is 3.24. The third-order valence-corrected chi connectivity index (χ3v) is 3.05. The monoisotopic (exact) mass is 292 g/mol. The summed E-state index contributed by atoms with van der Waals surface area (Å²) in [6, 6.07) is 8.41. The fourth-order valence-corrected chi connectivity index (χ4v) is 2.04. The highest BCUT2D eigenvalue weighted by atomic mass is 35.5. The van der Waals surface area contributed by atoms with Gasteiger partial charge in [0.05, 0.1) is 16.7 Å². The molecule has 20 heavy (non-hydrogen) atoms. The number of aromatic nitrogens is 1. The maximum atomic E-state index is 10.9. The first-order valence-corrected chi connectivity index (χ1v) is 6.35. The number of hydrogen-bond acceptors (Lipinski definition) is 4. The molecular formula is C14H13ClN2O3. The van der Waals surface area contributed by atoms with Crippen molar-refractivity contribution < 1.29 is 9.66 Å². The number of ether oxygens (including phenoxy) is 1. The van der Waals surface area contributed by atoms with Gasteiger partial charge in [0, 0.05) is 5.56 Å². The summed E-state index contributed by atoms with van der Waals surface area (Å²) < 4.78 is 5.60. The lowest BCUT2D eigenvalue weighted by molar-refractivity contribution is -0.385. The average Bonchev–Trinajstić information content (AvgIpc) is 2.37. The lowest BCUT2D eigenvalue weighted by atomic mass is 10.1. The fourth-order valence-electron chi connectivity index (χ4n) is 1.86. The van der Waals surface area contributed by atoms with Gasteiger partial charge in [-0.25, -0.2) is 4.98 Å². The fraction of sp³-hybridized carbons (Fsp3) is 0.214. The van der Waals surface area contributed by atoms with E-state index in [1.165, 1.54) is 6.07 Å². The molecule has 1 heterocycles. The van der Waals surface area contributed by atoms with Crippen LogP contribution in [0.5, 0.6) is 5.75 Å². The highest BCUT2D eigenvalue weighted by Crippen LogP contribution is 2.28. The summed E-state index contributed by atoms with van der Waals surface area (Å²) in [6.45, 7) is 3.76. The number of nitrogens with zero attached hydrogens (tertiary/aromatic N) is 2. The normalized spacial score (nSPS) is 10.3. The summed E-state index contributed by atoms with van der Waals surface area (Å²) in [5, 5.41) is 11.3. The quantitative estimate of drug-likeness (QED) is 0.488.